The molecule has 0 atom stereocenters. The minimum atomic E-state index is 0.674. The second-order valence-corrected chi connectivity index (χ2v) is 6.10. The molecule has 0 aliphatic rings. The molecular weight excluding hydrogens is 325 g/mol. The third-order valence-electron chi connectivity index (χ3n) is 2.88. The van der Waals surface area contributed by atoms with Gasteiger partial charge in [-0.3, -0.25) is 4.99 Å². The number of halogens is 2. The molecule has 0 bridgehead atoms. The molecule has 0 aliphatic heterocycles. The van der Waals surface area contributed by atoms with Crippen LogP contribution in [0.4, 0.5) is 0 Å². The first kappa shape index (κ1) is 14.3. The Morgan fingerprint density at radius 2 is 1.76 bits per heavy atom. The normalized spacial score (nSPS) is 11.9. The Labute approximate surface area is 136 Å². The van der Waals surface area contributed by atoms with Gasteiger partial charge in [-0.2, -0.15) is 4.98 Å². The highest BCUT2D eigenvalue weighted by Crippen LogP contribution is 2.25. The fourth-order valence-corrected chi connectivity index (χ4v) is 3.16. The molecule has 3 rings (SSSR count). The lowest BCUT2D eigenvalue weighted by Gasteiger charge is -2.07. The summed E-state index contributed by atoms with van der Waals surface area (Å²) in [6.45, 7) is 0. The van der Waals surface area contributed by atoms with E-state index in [1.54, 1.807) is 7.05 Å². The molecule has 0 amide bonds. The molecule has 0 N–H and O–H groups in total. The Morgan fingerprint density at radius 1 is 1.05 bits per heavy atom. The maximum absolute atomic E-state index is 6.09. The average Bonchev–Trinajstić information content (AvgIpc) is 2.91. The Bertz CT molecular complexity index is 786. The van der Waals surface area contributed by atoms with Gasteiger partial charge < -0.3 is 0 Å². The van der Waals surface area contributed by atoms with Crippen LogP contribution in [0.25, 0.3) is 17.1 Å². The maximum atomic E-state index is 6.09. The van der Waals surface area contributed by atoms with Crippen LogP contribution in [-0.4, -0.2) is 16.0 Å². The van der Waals surface area contributed by atoms with Crippen LogP contribution >= 0.6 is 34.7 Å². The van der Waals surface area contributed by atoms with Gasteiger partial charge in [0.2, 0.25) is 4.80 Å². The van der Waals surface area contributed by atoms with Crippen molar-refractivity contribution in [3.63, 3.8) is 0 Å². The summed E-state index contributed by atoms with van der Waals surface area (Å²) < 4.78 is 2.00. The number of hydrogen-bond donors (Lipinski definition) is 0. The van der Waals surface area contributed by atoms with Crippen molar-refractivity contribution in [3.05, 3.63) is 63.4 Å². The Kier molecular flexibility index (Phi) is 4.10. The van der Waals surface area contributed by atoms with E-state index < -0.39 is 0 Å². The van der Waals surface area contributed by atoms with Crippen molar-refractivity contribution < 1.29 is 0 Å². The quantitative estimate of drug-likeness (QED) is 0.680. The molecule has 3 aromatic rings. The fraction of sp³-hybridized carbons (Fsp3) is 0.0667. The minimum absolute atomic E-state index is 0.674. The van der Waals surface area contributed by atoms with E-state index in [-0.39, 0.29) is 0 Å². The van der Waals surface area contributed by atoms with Gasteiger partial charge in [-0.15, -0.1) is 0 Å². The van der Waals surface area contributed by atoms with Crippen molar-refractivity contribution in [1.29, 1.82) is 0 Å². The molecule has 1 aromatic heterocycles. The van der Waals surface area contributed by atoms with Crippen LogP contribution in [0.2, 0.25) is 10.0 Å². The summed E-state index contributed by atoms with van der Waals surface area (Å²) in [5.41, 5.74) is 1.89. The van der Waals surface area contributed by atoms with E-state index in [2.05, 4.69) is 9.98 Å². The van der Waals surface area contributed by atoms with E-state index in [4.69, 9.17) is 23.2 Å². The molecule has 3 nitrogen and oxygen atoms in total. The zero-order chi connectivity index (χ0) is 14.8. The molecule has 0 saturated heterocycles. The van der Waals surface area contributed by atoms with Crippen molar-refractivity contribution in [3.8, 4) is 17.1 Å². The highest BCUT2D eigenvalue weighted by atomic mass is 35.5. The lowest BCUT2D eigenvalue weighted by atomic mass is 10.2. The van der Waals surface area contributed by atoms with Gasteiger partial charge in [-0.1, -0.05) is 41.4 Å². The van der Waals surface area contributed by atoms with Crippen molar-refractivity contribution in [2.24, 2.45) is 4.99 Å². The van der Waals surface area contributed by atoms with Gasteiger partial charge in [0, 0.05) is 22.7 Å². The SMILES string of the molecule is CN=c1nc(-c2cccc(Cl)c2)n(-c2cccc(Cl)c2)s1. The number of aromatic nitrogens is 2. The molecule has 0 spiro atoms. The molecule has 0 saturated carbocycles. The molecule has 6 heteroatoms. The molecule has 1 heterocycles. The third-order valence-corrected chi connectivity index (χ3v) is 4.36. The largest absolute Gasteiger partial charge is 0.260 e. The summed E-state index contributed by atoms with van der Waals surface area (Å²) >= 11 is 13.6. The first-order valence-electron chi connectivity index (χ1n) is 6.22. The second-order valence-electron chi connectivity index (χ2n) is 4.32. The molecule has 0 unspecified atom stereocenters. The summed E-state index contributed by atoms with van der Waals surface area (Å²) in [4.78, 5) is 9.43. The van der Waals surface area contributed by atoms with Crippen molar-refractivity contribution >= 4 is 34.7 Å². The zero-order valence-corrected chi connectivity index (χ0v) is 13.5. The van der Waals surface area contributed by atoms with Gasteiger partial charge >= 0.3 is 0 Å². The topological polar surface area (TPSA) is 30.2 Å². The summed E-state index contributed by atoms with van der Waals surface area (Å²) in [6.07, 6.45) is 0. The highest BCUT2D eigenvalue weighted by Gasteiger charge is 2.11. The number of nitrogens with zero attached hydrogens (tertiary/aromatic N) is 3. The molecule has 0 aliphatic carbocycles. The molecule has 0 fully saturated rings. The van der Waals surface area contributed by atoms with E-state index in [0.717, 1.165) is 17.1 Å². The smallest absolute Gasteiger partial charge is 0.222 e. The molecule has 2 aromatic carbocycles. The van der Waals surface area contributed by atoms with Crippen LogP contribution in [0.1, 0.15) is 0 Å². The van der Waals surface area contributed by atoms with Crippen molar-refractivity contribution in [2.75, 3.05) is 7.05 Å². The second kappa shape index (κ2) is 6.02. The van der Waals surface area contributed by atoms with Gasteiger partial charge in [0.15, 0.2) is 5.82 Å². The minimum Gasteiger partial charge on any atom is -0.260 e. The summed E-state index contributed by atoms with van der Waals surface area (Å²) in [5, 5.41) is 1.36. The average molecular weight is 336 g/mol. The zero-order valence-electron chi connectivity index (χ0n) is 11.1. The third kappa shape index (κ3) is 3.02. The monoisotopic (exact) mass is 335 g/mol. The van der Waals surface area contributed by atoms with Crippen LogP contribution in [0.3, 0.4) is 0 Å². The lowest BCUT2D eigenvalue weighted by molar-refractivity contribution is 1.12. The van der Waals surface area contributed by atoms with Crippen LogP contribution < -0.4 is 4.80 Å². The van der Waals surface area contributed by atoms with E-state index >= 15 is 0 Å². The Morgan fingerprint density at radius 3 is 2.43 bits per heavy atom. The molecular formula is C15H11Cl2N3S. The first-order valence-corrected chi connectivity index (χ1v) is 7.75. The molecule has 0 radical (unpaired) electrons. The van der Waals surface area contributed by atoms with Gasteiger partial charge in [0.1, 0.15) is 0 Å². The van der Waals surface area contributed by atoms with E-state index in [0.29, 0.717) is 14.8 Å². The molecule has 21 heavy (non-hydrogen) atoms. The first-order chi connectivity index (χ1) is 10.2. The van der Waals surface area contributed by atoms with E-state index in [1.165, 1.54) is 11.5 Å². The number of rotatable bonds is 2. The Balaban J connectivity index is 2.24. The Hall–Kier alpha value is -1.62. The predicted molar refractivity (Wildman–Crippen MR) is 88.4 cm³/mol. The van der Waals surface area contributed by atoms with E-state index in [1.807, 2.05) is 52.5 Å². The predicted octanol–water partition coefficient (Wildman–Crippen LogP) is 4.44. The lowest BCUT2D eigenvalue weighted by Crippen LogP contribution is -1.96. The standard InChI is InChI=1S/C15H11Cl2N3S/c1-18-15-19-14(10-4-2-5-11(16)8-10)20(21-15)13-7-3-6-12(17)9-13/h2-9H,1H3. The van der Waals surface area contributed by atoms with Crippen LogP contribution in [0, 0.1) is 0 Å². The highest BCUT2D eigenvalue weighted by molar-refractivity contribution is 7.04. The summed E-state index contributed by atoms with van der Waals surface area (Å²) in [6, 6.07) is 15.2. The summed E-state index contributed by atoms with van der Waals surface area (Å²) in [7, 11) is 1.73. The van der Waals surface area contributed by atoms with Crippen molar-refractivity contribution in [1.82, 2.24) is 8.94 Å². The van der Waals surface area contributed by atoms with Crippen molar-refractivity contribution in [2.45, 2.75) is 0 Å². The summed E-state index contributed by atoms with van der Waals surface area (Å²) in [5.74, 6) is 0.797. The van der Waals surface area contributed by atoms with Gasteiger partial charge in [0.05, 0.1) is 5.69 Å². The van der Waals surface area contributed by atoms with Gasteiger partial charge in [0.25, 0.3) is 0 Å². The van der Waals surface area contributed by atoms with E-state index in [9.17, 15) is 0 Å². The van der Waals surface area contributed by atoms with Gasteiger partial charge in [-0.05, 0) is 41.9 Å². The maximum Gasteiger partial charge on any atom is 0.222 e. The fourth-order valence-electron chi connectivity index (χ4n) is 1.96. The van der Waals surface area contributed by atoms with Crippen LogP contribution in [0.15, 0.2) is 53.5 Å². The van der Waals surface area contributed by atoms with Crippen LogP contribution in [-0.2, 0) is 0 Å². The molecule has 106 valence electrons. The van der Waals surface area contributed by atoms with Gasteiger partial charge in [-0.25, -0.2) is 3.96 Å². The number of benzene rings is 2. The number of hydrogen-bond acceptors (Lipinski definition) is 3. The van der Waals surface area contributed by atoms with Crippen LogP contribution in [0.5, 0.6) is 0 Å².